The van der Waals surface area contributed by atoms with Gasteiger partial charge in [0.1, 0.15) is 17.5 Å². The molecule has 0 aliphatic heterocycles. The number of halogens is 4. The van der Waals surface area contributed by atoms with Gasteiger partial charge >= 0.3 is 0 Å². The number of anilines is 1. The summed E-state index contributed by atoms with van der Waals surface area (Å²) in [7, 11) is 0. The minimum atomic E-state index is -3.02. The first-order chi connectivity index (χ1) is 17.9. The van der Waals surface area contributed by atoms with Crippen LogP contribution in [0.5, 0.6) is 0 Å². The summed E-state index contributed by atoms with van der Waals surface area (Å²) in [5, 5.41) is 22.8. The molecule has 2 aromatic heterocycles. The number of alkyl halides is 2. The van der Waals surface area contributed by atoms with Crippen LogP contribution in [0.4, 0.5) is 18.9 Å². The minimum Gasteiger partial charge on any atom is -0.394 e. The summed E-state index contributed by atoms with van der Waals surface area (Å²) in [6, 6.07) is 6.17. The molecule has 4 aromatic rings. The van der Waals surface area contributed by atoms with E-state index in [4.69, 9.17) is 17.3 Å². The lowest BCUT2D eigenvalue weighted by Gasteiger charge is -2.24. The van der Waals surface area contributed by atoms with Crippen LogP contribution in [-0.2, 0) is 5.60 Å². The van der Waals surface area contributed by atoms with E-state index < -0.39 is 36.5 Å². The molecule has 200 valence electrons. The van der Waals surface area contributed by atoms with Gasteiger partial charge in [-0.15, -0.1) is 0 Å². The summed E-state index contributed by atoms with van der Waals surface area (Å²) in [6.45, 7) is 4.35. The topological polar surface area (TPSA) is 117 Å². The minimum absolute atomic E-state index is 0.109. The molecule has 0 saturated heterocycles. The maximum Gasteiger partial charge on any atom is 0.262 e. The molecule has 0 aliphatic rings. The van der Waals surface area contributed by atoms with Gasteiger partial charge in [-0.3, -0.25) is 4.98 Å². The van der Waals surface area contributed by atoms with E-state index in [9.17, 15) is 23.4 Å². The molecule has 2 atom stereocenters. The maximum absolute atomic E-state index is 14.8. The number of hydrogen-bond donors (Lipinski definition) is 4. The second-order valence-corrected chi connectivity index (χ2v) is 9.88. The molecule has 0 saturated carbocycles. The second-order valence-electron chi connectivity index (χ2n) is 9.50. The lowest BCUT2D eigenvalue weighted by molar-refractivity contribution is 0.0687. The summed E-state index contributed by atoms with van der Waals surface area (Å²) in [6.07, 6.45) is 0.0754. The average Bonchev–Trinajstić information content (AvgIpc) is 2.88. The van der Waals surface area contributed by atoms with E-state index in [1.165, 1.54) is 12.1 Å². The molecule has 0 bridgehead atoms. The first kappa shape index (κ1) is 27.7. The molecule has 2 aromatic carbocycles. The molecule has 7 nitrogen and oxygen atoms in total. The molecular formula is C27H27ClF3N5O2. The monoisotopic (exact) mass is 545 g/mol. The van der Waals surface area contributed by atoms with E-state index in [0.29, 0.717) is 33.3 Å². The van der Waals surface area contributed by atoms with Gasteiger partial charge in [-0.1, -0.05) is 23.7 Å². The van der Waals surface area contributed by atoms with E-state index in [-0.39, 0.29) is 22.1 Å². The number of pyridine rings is 1. The summed E-state index contributed by atoms with van der Waals surface area (Å²) >= 11 is 6.55. The van der Waals surface area contributed by atoms with Crippen molar-refractivity contribution in [3.05, 3.63) is 82.3 Å². The number of rotatable bonds is 8. The van der Waals surface area contributed by atoms with E-state index in [1.807, 2.05) is 0 Å². The van der Waals surface area contributed by atoms with Gasteiger partial charge in [-0.05, 0) is 56.2 Å². The first-order valence-corrected chi connectivity index (χ1v) is 12.1. The van der Waals surface area contributed by atoms with Crippen LogP contribution in [0.2, 0.25) is 5.02 Å². The predicted octanol–water partition coefficient (Wildman–Crippen LogP) is 5.43. The summed E-state index contributed by atoms with van der Waals surface area (Å²) in [4.78, 5) is 12.9. The van der Waals surface area contributed by atoms with Gasteiger partial charge in [0.15, 0.2) is 5.82 Å². The molecule has 0 spiro atoms. The van der Waals surface area contributed by atoms with Crippen LogP contribution in [0, 0.1) is 12.7 Å². The van der Waals surface area contributed by atoms with Crippen LogP contribution in [0.3, 0.4) is 0 Å². The van der Waals surface area contributed by atoms with Crippen molar-refractivity contribution in [1.29, 1.82) is 0 Å². The molecular weight excluding hydrogens is 519 g/mol. The van der Waals surface area contributed by atoms with Crippen molar-refractivity contribution in [3.8, 4) is 11.1 Å². The van der Waals surface area contributed by atoms with Crippen molar-refractivity contribution < 1.29 is 23.4 Å². The highest BCUT2D eigenvalue weighted by Gasteiger charge is 2.28. The predicted molar refractivity (Wildman–Crippen MR) is 141 cm³/mol. The normalized spacial score (nSPS) is 13.7. The smallest absolute Gasteiger partial charge is 0.262 e. The van der Waals surface area contributed by atoms with Crippen molar-refractivity contribution in [2.24, 2.45) is 5.73 Å². The fraction of sp³-hybridized carbons (Fsp3) is 0.296. The van der Waals surface area contributed by atoms with Gasteiger partial charge < -0.3 is 21.3 Å². The van der Waals surface area contributed by atoms with Gasteiger partial charge in [0, 0.05) is 28.9 Å². The summed E-state index contributed by atoms with van der Waals surface area (Å²) in [5.41, 5.74) is 6.93. The highest BCUT2D eigenvalue weighted by atomic mass is 35.5. The Labute approximate surface area is 222 Å². The Morgan fingerprint density at radius 1 is 1.08 bits per heavy atom. The third kappa shape index (κ3) is 5.58. The summed E-state index contributed by atoms with van der Waals surface area (Å²) in [5.74, 6) is -0.609. The number of aliphatic hydroxyl groups excluding tert-OH is 1. The van der Waals surface area contributed by atoms with Crippen molar-refractivity contribution >= 4 is 28.2 Å². The third-order valence-corrected chi connectivity index (χ3v) is 6.62. The molecule has 2 heterocycles. The van der Waals surface area contributed by atoms with Gasteiger partial charge in [0.05, 0.1) is 34.6 Å². The van der Waals surface area contributed by atoms with Crippen molar-refractivity contribution in [3.63, 3.8) is 0 Å². The number of fused-ring (bicyclic) bond motifs is 1. The quantitative estimate of drug-likeness (QED) is 0.233. The molecule has 0 aliphatic carbocycles. The third-order valence-electron chi connectivity index (χ3n) is 6.16. The number of hydrogen-bond acceptors (Lipinski definition) is 7. The molecule has 4 rings (SSSR count). The summed E-state index contributed by atoms with van der Waals surface area (Å²) < 4.78 is 43.5. The van der Waals surface area contributed by atoms with Gasteiger partial charge in [-0.2, -0.15) is 0 Å². The number of nitrogens with zero attached hydrogens (tertiary/aromatic N) is 3. The van der Waals surface area contributed by atoms with E-state index in [1.54, 1.807) is 51.4 Å². The van der Waals surface area contributed by atoms with Crippen LogP contribution in [0.1, 0.15) is 48.6 Å². The Morgan fingerprint density at radius 3 is 2.37 bits per heavy atom. The van der Waals surface area contributed by atoms with Crippen LogP contribution < -0.4 is 11.1 Å². The van der Waals surface area contributed by atoms with E-state index >= 15 is 0 Å². The first-order valence-electron chi connectivity index (χ1n) is 11.8. The SMILES string of the molecule is Cc1nc2ccc(-c3cnc(C(C)(C)O)nc3)cc2c(NC(c2cc(C(N)CO)ccc2F)C(F)F)c1Cl. The van der Waals surface area contributed by atoms with Gasteiger partial charge in [-0.25, -0.2) is 23.1 Å². The number of aliphatic hydroxyl groups is 2. The maximum atomic E-state index is 14.8. The number of aryl methyl sites for hydroxylation is 1. The van der Waals surface area contributed by atoms with Crippen LogP contribution in [0.25, 0.3) is 22.0 Å². The Kier molecular flexibility index (Phi) is 7.89. The number of benzene rings is 2. The molecule has 2 unspecified atom stereocenters. The second kappa shape index (κ2) is 10.8. The molecule has 38 heavy (non-hydrogen) atoms. The lowest BCUT2D eigenvalue weighted by Crippen LogP contribution is -2.22. The number of aromatic nitrogens is 3. The fourth-order valence-corrected chi connectivity index (χ4v) is 4.24. The lowest BCUT2D eigenvalue weighted by atomic mass is 9.99. The van der Waals surface area contributed by atoms with Gasteiger partial charge in [0.25, 0.3) is 6.43 Å². The highest BCUT2D eigenvalue weighted by molar-refractivity contribution is 6.35. The molecule has 0 amide bonds. The zero-order chi connectivity index (χ0) is 27.8. The highest BCUT2D eigenvalue weighted by Crippen LogP contribution is 2.39. The molecule has 0 radical (unpaired) electrons. The zero-order valence-corrected chi connectivity index (χ0v) is 21.6. The van der Waals surface area contributed by atoms with Crippen molar-refractivity contribution in [2.75, 3.05) is 11.9 Å². The standard InChI is InChI=1S/C27H27ClF3N5O2/c1-13-22(28)23(36-24(25(30)31)17-9-15(20(32)12-37)4-6-19(17)29)18-8-14(5-7-21(18)35-13)16-10-33-26(34-11-16)27(2,3)38/h4-11,20,24-25,37-38H,12,32H2,1-3H3,(H,35,36). The Hall–Kier alpha value is -3.31. The molecule has 11 heteroatoms. The average molecular weight is 546 g/mol. The van der Waals surface area contributed by atoms with Crippen molar-refractivity contribution in [1.82, 2.24) is 15.0 Å². The Balaban J connectivity index is 1.82. The Morgan fingerprint density at radius 2 is 1.76 bits per heavy atom. The van der Waals surface area contributed by atoms with Crippen LogP contribution >= 0.6 is 11.6 Å². The van der Waals surface area contributed by atoms with Crippen molar-refractivity contribution in [2.45, 2.75) is 44.9 Å². The number of nitrogens with two attached hydrogens (primary N) is 1. The van der Waals surface area contributed by atoms with Crippen LogP contribution in [0.15, 0.2) is 48.8 Å². The Bertz CT molecular complexity index is 1460. The van der Waals surface area contributed by atoms with Crippen LogP contribution in [-0.4, -0.2) is 38.2 Å². The molecule has 0 fully saturated rings. The largest absolute Gasteiger partial charge is 0.394 e. The fourth-order valence-electron chi connectivity index (χ4n) is 4.04. The van der Waals surface area contributed by atoms with Gasteiger partial charge in [0.2, 0.25) is 0 Å². The number of nitrogens with one attached hydrogen (secondary N) is 1. The van der Waals surface area contributed by atoms with E-state index in [0.717, 1.165) is 6.07 Å². The zero-order valence-electron chi connectivity index (χ0n) is 20.9. The van der Waals surface area contributed by atoms with E-state index in [2.05, 4.69) is 20.3 Å². The molecule has 5 N–H and O–H groups in total.